The smallest absolute Gasteiger partial charge is 0.244 e. The minimum atomic E-state index is -0.408. The van der Waals surface area contributed by atoms with Gasteiger partial charge in [0.05, 0.1) is 17.6 Å². The minimum Gasteiger partial charge on any atom is -0.494 e. The highest BCUT2D eigenvalue weighted by atomic mass is 16.5. The largest absolute Gasteiger partial charge is 0.494 e. The van der Waals surface area contributed by atoms with Crippen LogP contribution in [-0.4, -0.2) is 27.8 Å². The number of pyridine rings is 2. The third-order valence-corrected chi connectivity index (χ3v) is 5.10. The molecule has 0 spiro atoms. The van der Waals surface area contributed by atoms with E-state index >= 15 is 0 Å². The van der Waals surface area contributed by atoms with Crippen LogP contribution < -0.4 is 15.5 Å². The summed E-state index contributed by atoms with van der Waals surface area (Å²) in [5.74, 6) is -0.0000786. The molecule has 0 radical (unpaired) electrons. The predicted molar refractivity (Wildman–Crippen MR) is 127 cm³/mol. The maximum atomic E-state index is 13.1. The van der Waals surface area contributed by atoms with Crippen molar-refractivity contribution in [2.45, 2.75) is 20.4 Å². The van der Waals surface area contributed by atoms with Crippen LogP contribution in [0.15, 0.2) is 77.7 Å². The summed E-state index contributed by atoms with van der Waals surface area (Å²) in [6.45, 7) is 4.14. The van der Waals surface area contributed by atoms with E-state index in [9.17, 15) is 14.4 Å². The molecule has 166 valence electrons. The molecule has 4 rings (SSSR count). The van der Waals surface area contributed by atoms with Gasteiger partial charge in [0.15, 0.2) is 5.78 Å². The van der Waals surface area contributed by atoms with Crippen LogP contribution in [0.2, 0.25) is 0 Å². The maximum Gasteiger partial charge on any atom is 0.244 e. The van der Waals surface area contributed by atoms with Gasteiger partial charge in [-0.05, 0) is 50.2 Å². The molecular weight excluding hydrogens is 418 g/mol. The monoisotopic (exact) mass is 441 g/mol. The highest BCUT2D eigenvalue weighted by molar-refractivity contribution is 6.10. The first-order chi connectivity index (χ1) is 16.0. The summed E-state index contributed by atoms with van der Waals surface area (Å²) < 4.78 is 6.96. The molecule has 0 aliphatic rings. The predicted octanol–water partition coefficient (Wildman–Crippen LogP) is 3.97. The van der Waals surface area contributed by atoms with Crippen molar-refractivity contribution in [3.05, 3.63) is 100.0 Å². The SMILES string of the molecule is CCOc1ccc(NC(=O)Cn2cc(C(=O)c3ccccc3)c(=O)c3ccc(C)nc32)cc1. The topological polar surface area (TPSA) is 90.3 Å². The molecule has 1 N–H and O–H groups in total. The second kappa shape index (κ2) is 9.48. The number of benzene rings is 2. The Labute approximate surface area is 190 Å². The van der Waals surface area contributed by atoms with Crippen LogP contribution in [0.3, 0.4) is 0 Å². The number of ketones is 1. The first-order valence-electron chi connectivity index (χ1n) is 10.6. The molecule has 2 aromatic carbocycles. The lowest BCUT2D eigenvalue weighted by Gasteiger charge is -2.13. The van der Waals surface area contributed by atoms with Crippen molar-refractivity contribution >= 4 is 28.4 Å². The van der Waals surface area contributed by atoms with Crippen LogP contribution in [0.4, 0.5) is 5.69 Å². The lowest BCUT2D eigenvalue weighted by molar-refractivity contribution is -0.116. The molecule has 0 bridgehead atoms. The molecule has 0 saturated carbocycles. The van der Waals surface area contributed by atoms with Crippen molar-refractivity contribution in [3.8, 4) is 5.75 Å². The highest BCUT2D eigenvalue weighted by Gasteiger charge is 2.19. The van der Waals surface area contributed by atoms with E-state index in [4.69, 9.17) is 4.74 Å². The lowest BCUT2D eigenvalue weighted by Crippen LogP contribution is -2.25. The Hall–Kier alpha value is -4.26. The molecule has 0 unspecified atom stereocenters. The number of nitrogens with zero attached hydrogens (tertiary/aromatic N) is 2. The van der Waals surface area contributed by atoms with Crippen LogP contribution >= 0.6 is 0 Å². The summed E-state index contributed by atoms with van der Waals surface area (Å²) in [5, 5.41) is 3.12. The van der Waals surface area contributed by atoms with Crippen molar-refractivity contribution in [1.29, 1.82) is 0 Å². The average Bonchev–Trinajstić information content (AvgIpc) is 2.82. The Balaban J connectivity index is 1.69. The summed E-state index contributed by atoms with van der Waals surface area (Å²) in [7, 11) is 0. The van der Waals surface area contributed by atoms with Gasteiger partial charge in [0.1, 0.15) is 17.9 Å². The van der Waals surface area contributed by atoms with Crippen molar-refractivity contribution in [2.24, 2.45) is 0 Å². The number of ether oxygens (including phenoxy) is 1. The number of rotatable bonds is 7. The van der Waals surface area contributed by atoms with Gasteiger partial charge < -0.3 is 14.6 Å². The quantitative estimate of drug-likeness (QED) is 0.438. The summed E-state index contributed by atoms with van der Waals surface area (Å²) in [6, 6.07) is 19.0. The number of amides is 1. The summed E-state index contributed by atoms with van der Waals surface area (Å²) in [5.41, 5.74) is 1.65. The molecule has 0 atom stereocenters. The van der Waals surface area contributed by atoms with Gasteiger partial charge in [-0.25, -0.2) is 4.98 Å². The molecule has 0 aliphatic heterocycles. The van der Waals surface area contributed by atoms with Gasteiger partial charge in [0, 0.05) is 23.1 Å². The molecule has 2 heterocycles. The van der Waals surface area contributed by atoms with E-state index in [1.54, 1.807) is 78.2 Å². The molecule has 1 amide bonds. The van der Waals surface area contributed by atoms with Crippen LogP contribution in [0.5, 0.6) is 5.75 Å². The normalized spacial score (nSPS) is 10.7. The number of carbonyl (C=O) groups is 2. The summed E-state index contributed by atoms with van der Waals surface area (Å²) in [6.07, 6.45) is 1.42. The molecule has 0 fully saturated rings. The number of carbonyl (C=O) groups excluding carboxylic acids is 2. The molecule has 33 heavy (non-hydrogen) atoms. The second-order valence-corrected chi connectivity index (χ2v) is 7.52. The molecule has 0 saturated heterocycles. The van der Waals surface area contributed by atoms with Gasteiger partial charge in [-0.1, -0.05) is 30.3 Å². The Morgan fingerprint density at radius 3 is 2.42 bits per heavy atom. The van der Waals surface area contributed by atoms with Crippen LogP contribution in [0.1, 0.15) is 28.5 Å². The van der Waals surface area contributed by atoms with Gasteiger partial charge in [0.2, 0.25) is 11.3 Å². The maximum absolute atomic E-state index is 13.1. The fourth-order valence-corrected chi connectivity index (χ4v) is 3.54. The number of aryl methyl sites for hydroxylation is 1. The fourth-order valence-electron chi connectivity index (χ4n) is 3.54. The fraction of sp³-hybridized carbons (Fsp3) is 0.154. The number of anilines is 1. The second-order valence-electron chi connectivity index (χ2n) is 7.52. The van der Waals surface area contributed by atoms with E-state index < -0.39 is 11.2 Å². The third kappa shape index (κ3) is 4.82. The van der Waals surface area contributed by atoms with Crippen molar-refractivity contribution in [3.63, 3.8) is 0 Å². The lowest BCUT2D eigenvalue weighted by atomic mass is 10.0. The van der Waals surface area contributed by atoms with Crippen LogP contribution in [-0.2, 0) is 11.3 Å². The number of fused-ring (bicyclic) bond motifs is 1. The van der Waals surface area contributed by atoms with Crippen molar-refractivity contribution in [1.82, 2.24) is 9.55 Å². The molecule has 7 nitrogen and oxygen atoms in total. The number of hydrogen-bond acceptors (Lipinski definition) is 5. The highest BCUT2D eigenvalue weighted by Crippen LogP contribution is 2.17. The molecule has 0 aliphatic carbocycles. The van der Waals surface area contributed by atoms with E-state index in [1.807, 2.05) is 6.92 Å². The zero-order valence-corrected chi connectivity index (χ0v) is 18.4. The first-order valence-corrected chi connectivity index (χ1v) is 10.6. The Morgan fingerprint density at radius 1 is 1.00 bits per heavy atom. The molecule has 2 aromatic heterocycles. The summed E-state index contributed by atoms with van der Waals surface area (Å²) in [4.78, 5) is 43.4. The van der Waals surface area contributed by atoms with E-state index in [-0.39, 0.29) is 23.4 Å². The van der Waals surface area contributed by atoms with Gasteiger partial charge in [0.25, 0.3) is 0 Å². The Kier molecular flexibility index (Phi) is 6.31. The zero-order chi connectivity index (χ0) is 23.4. The Bertz CT molecular complexity index is 1380. The van der Waals surface area contributed by atoms with Gasteiger partial charge in [-0.2, -0.15) is 0 Å². The number of aromatic nitrogens is 2. The number of hydrogen-bond donors (Lipinski definition) is 1. The Morgan fingerprint density at radius 2 is 1.73 bits per heavy atom. The minimum absolute atomic E-state index is 0.00628. The van der Waals surface area contributed by atoms with Crippen LogP contribution in [0, 0.1) is 6.92 Å². The van der Waals surface area contributed by atoms with E-state index in [0.29, 0.717) is 34.9 Å². The van der Waals surface area contributed by atoms with Crippen molar-refractivity contribution in [2.75, 3.05) is 11.9 Å². The standard InChI is InChI=1S/C26H23N3O4/c1-3-33-20-12-10-19(11-13-20)28-23(30)16-29-15-22(24(31)18-7-5-4-6-8-18)25(32)21-14-9-17(2)27-26(21)29/h4-15H,3,16H2,1-2H3,(H,28,30). The molecular formula is C26H23N3O4. The van der Waals surface area contributed by atoms with E-state index in [0.717, 1.165) is 0 Å². The van der Waals surface area contributed by atoms with Gasteiger partial charge in [-0.15, -0.1) is 0 Å². The van der Waals surface area contributed by atoms with Gasteiger partial charge in [-0.3, -0.25) is 14.4 Å². The zero-order valence-electron chi connectivity index (χ0n) is 18.4. The molecule has 4 aromatic rings. The number of nitrogens with one attached hydrogen (secondary N) is 1. The third-order valence-electron chi connectivity index (χ3n) is 5.10. The molecule has 7 heteroatoms. The average molecular weight is 441 g/mol. The van der Waals surface area contributed by atoms with Gasteiger partial charge >= 0.3 is 0 Å². The van der Waals surface area contributed by atoms with Crippen LogP contribution in [0.25, 0.3) is 11.0 Å². The summed E-state index contributed by atoms with van der Waals surface area (Å²) >= 11 is 0. The van der Waals surface area contributed by atoms with Crippen molar-refractivity contribution < 1.29 is 14.3 Å². The van der Waals surface area contributed by atoms with E-state index in [2.05, 4.69) is 10.3 Å². The van der Waals surface area contributed by atoms with E-state index in [1.165, 1.54) is 6.20 Å². The first kappa shape index (κ1) is 22.0.